The van der Waals surface area contributed by atoms with Gasteiger partial charge in [0.15, 0.2) is 0 Å². The molecule has 0 aliphatic rings. The first-order chi connectivity index (χ1) is 12.0. The van der Waals surface area contributed by atoms with Gasteiger partial charge in [-0.1, -0.05) is 36.4 Å². The number of carbonyl (C=O) groups is 1. The van der Waals surface area contributed by atoms with E-state index >= 15 is 0 Å². The highest BCUT2D eigenvalue weighted by atomic mass is 32.1. The molecule has 5 nitrogen and oxygen atoms in total. The Bertz CT molecular complexity index is 828. The van der Waals surface area contributed by atoms with Crippen LogP contribution in [0.2, 0.25) is 0 Å². The summed E-state index contributed by atoms with van der Waals surface area (Å²) in [5, 5.41) is 16.0. The van der Waals surface area contributed by atoms with Crippen LogP contribution in [-0.2, 0) is 17.9 Å². The molecule has 0 amide bonds. The molecule has 2 aromatic heterocycles. The van der Waals surface area contributed by atoms with Gasteiger partial charge in [-0.05, 0) is 31.0 Å². The van der Waals surface area contributed by atoms with Crippen LogP contribution < -0.4 is 0 Å². The van der Waals surface area contributed by atoms with Crippen LogP contribution in [0.25, 0.3) is 10.6 Å². The van der Waals surface area contributed by atoms with Crippen molar-refractivity contribution >= 4 is 17.3 Å². The second kappa shape index (κ2) is 7.63. The van der Waals surface area contributed by atoms with E-state index in [4.69, 9.17) is 5.10 Å². The summed E-state index contributed by atoms with van der Waals surface area (Å²) in [5.74, 6) is -0.822. The van der Waals surface area contributed by atoms with Crippen molar-refractivity contribution in [2.45, 2.75) is 26.1 Å². The van der Waals surface area contributed by atoms with Crippen molar-refractivity contribution in [1.29, 1.82) is 0 Å². The summed E-state index contributed by atoms with van der Waals surface area (Å²) in [6.45, 7) is 2.93. The number of likely N-dealkylation sites (N-methyl/N-ethyl adjacent to an activating group) is 1. The molecular formula is C19H21N3O2S. The van der Waals surface area contributed by atoms with Gasteiger partial charge in [0.2, 0.25) is 0 Å². The first-order valence-electron chi connectivity index (χ1n) is 8.12. The normalized spacial score (nSPS) is 12.4. The lowest BCUT2D eigenvalue weighted by molar-refractivity contribution is -0.142. The zero-order valence-corrected chi connectivity index (χ0v) is 15.1. The molecule has 25 heavy (non-hydrogen) atoms. The van der Waals surface area contributed by atoms with E-state index in [2.05, 4.69) is 12.1 Å². The third kappa shape index (κ3) is 4.15. The van der Waals surface area contributed by atoms with Gasteiger partial charge in [-0.2, -0.15) is 5.10 Å². The van der Waals surface area contributed by atoms with Crippen LogP contribution in [0.1, 0.15) is 18.1 Å². The standard InChI is InChI=1S/C19H21N3O2S/c1-14(19(23)24)21(2)12-16-13-22(11-15-7-4-3-5-8-15)20-18(16)17-9-6-10-25-17/h3-10,13-14H,11-12H2,1-2H3,(H,23,24). The minimum absolute atomic E-state index is 0.537. The second-order valence-electron chi connectivity index (χ2n) is 6.09. The van der Waals surface area contributed by atoms with Crippen molar-refractivity contribution in [3.63, 3.8) is 0 Å². The quantitative estimate of drug-likeness (QED) is 0.704. The van der Waals surface area contributed by atoms with Gasteiger partial charge in [0, 0.05) is 18.3 Å². The third-order valence-corrected chi connectivity index (χ3v) is 5.09. The minimum Gasteiger partial charge on any atom is -0.480 e. The van der Waals surface area contributed by atoms with Crippen molar-refractivity contribution in [3.05, 3.63) is 65.2 Å². The Morgan fingerprint density at radius 2 is 2.04 bits per heavy atom. The highest BCUT2D eigenvalue weighted by Crippen LogP contribution is 2.28. The largest absolute Gasteiger partial charge is 0.480 e. The lowest BCUT2D eigenvalue weighted by atomic mass is 10.2. The average Bonchev–Trinajstić information content (AvgIpc) is 3.24. The van der Waals surface area contributed by atoms with Crippen molar-refractivity contribution in [2.24, 2.45) is 0 Å². The molecule has 0 aliphatic heterocycles. The zero-order valence-electron chi connectivity index (χ0n) is 14.3. The molecule has 1 unspecified atom stereocenters. The number of thiophene rings is 1. The summed E-state index contributed by atoms with van der Waals surface area (Å²) in [5.41, 5.74) is 3.14. The van der Waals surface area contributed by atoms with E-state index in [0.29, 0.717) is 13.1 Å². The Morgan fingerprint density at radius 3 is 2.68 bits per heavy atom. The van der Waals surface area contributed by atoms with Gasteiger partial charge in [-0.3, -0.25) is 14.4 Å². The molecule has 0 saturated heterocycles. The van der Waals surface area contributed by atoms with E-state index in [9.17, 15) is 9.90 Å². The molecule has 1 N–H and O–H groups in total. The van der Waals surface area contributed by atoms with Gasteiger partial charge >= 0.3 is 5.97 Å². The number of hydrogen-bond acceptors (Lipinski definition) is 4. The fourth-order valence-electron chi connectivity index (χ4n) is 2.64. The Labute approximate surface area is 151 Å². The van der Waals surface area contributed by atoms with Crippen LogP contribution in [-0.4, -0.2) is 38.8 Å². The lowest BCUT2D eigenvalue weighted by Crippen LogP contribution is -2.35. The van der Waals surface area contributed by atoms with E-state index < -0.39 is 12.0 Å². The molecule has 3 aromatic rings. The van der Waals surface area contributed by atoms with Crippen LogP contribution >= 0.6 is 11.3 Å². The fraction of sp³-hybridized carbons (Fsp3) is 0.263. The lowest BCUT2D eigenvalue weighted by Gasteiger charge is -2.20. The maximum atomic E-state index is 11.2. The Hall–Kier alpha value is -2.44. The molecule has 0 bridgehead atoms. The van der Waals surface area contributed by atoms with E-state index in [1.165, 1.54) is 5.56 Å². The van der Waals surface area contributed by atoms with Gasteiger partial charge in [0.25, 0.3) is 0 Å². The molecule has 6 heteroatoms. The SMILES string of the molecule is CC(C(=O)O)N(C)Cc1cn(Cc2ccccc2)nc1-c1cccs1. The number of carboxylic acid groups (broad SMARTS) is 1. The van der Waals surface area contributed by atoms with Gasteiger partial charge in [-0.15, -0.1) is 11.3 Å². The van der Waals surface area contributed by atoms with E-state index in [-0.39, 0.29) is 0 Å². The highest BCUT2D eigenvalue weighted by molar-refractivity contribution is 7.13. The Morgan fingerprint density at radius 1 is 1.28 bits per heavy atom. The van der Waals surface area contributed by atoms with Crippen LogP contribution in [0, 0.1) is 0 Å². The van der Waals surface area contributed by atoms with Crippen LogP contribution in [0.4, 0.5) is 0 Å². The van der Waals surface area contributed by atoms with Crippen molar-refractivity contribution < 1.29 is 9.90 Å². The molecular weight excluding hydrogens is 334 g/mol. The first kappa shape index (κ1) is 17.4. The zero-order chi connectivity index (χ0) is 17.8. The Kier molecular flexibility index (Phi) is 5.31. The smallest absolute Gasteiger partial charge is 0.320 e. The molecule has 2 heterocycles. The second-order valence-corrected chi connectivity index (χ2v) is 7.04. The summed E-state index contributed by atoms with van der Waals surface area (Å²) >= 11 is 1.64. The predicted octanol–water partition coefficient (Wildman–Crippen LogP) is 3.56. The molecule has 0 saturated carbocycles. The third-order valence-electron chi connectivity index (χ3n) is 4.22. The molecule has 1 atom stereocenters. The van der Waals surface area contributed by atoms with Gasteiger partial charge in [-0.25, -0.2) is 0 Å². The monoisotopic (exact) mass is 355 g/mol. The number of hydrogen-bond donors (Lipinski definition) is 1. The molecule has 1 aromatic carbocycles. The predicted molar refractivity (Wildman–Crippen MR) is 99.6 cm³/mol. The maximum Gasteiger partial charge on any atom is 0.320 e. The van der Waals surface area contributed by atoms with Gasteiger partial charge in [0.1, 0.15) is 11.7 Å². The maximum absolute atomic E-state index is 11.2. The number of aliphatic carboxylic acids is 1. The average molecular weight is 355 g/mol. The summed E-state index contributed by atoms with van der Waals surface area (Å²) in [4.78, 5) is 14.1. The van der Waals surface area contributed by atoms with Crippen molar-refractivity contribution in [2.75, 3.05) is 7.05 Å². The minimum atomic E-state index is -0.822. The summed E-state index contributed by atoms with van der Waals surface area (Å²) in [6, 6.07) is 13.7. The van der Waals surface area contributed by atoms with Gasteiger partial charge in [0.05, 0.1) is 11.4 Å². The number of rotatable bonds is 7. The van der Waals surface area contributed by atoms with E-state index in [1.54, 1.807) is 18.3 Å². The van der Waals surface area contributed by atoms with Gasteiger partial charge < -0.3 is 5.11 Å². The topological polar surface area (TPSA) is 58.4 Å². The summed E-state index contributed by atoms with van der Waals surface area (Å²) in [6.07, 6.45) is 2.02. The van der Waals surface area contributed by atoms with Crippen LogP contribution in [0.3, 0.4) is 0 Å². The summed E-state index contributed by atoms with van der Waals surface area (Å²) in [7, 11) is 1.82. The Balaban J connectivity index is 1.88. The van der Waals surface area contributed by atoms with Crippen molar-refractivity contribution in [3.8, 4) is 10.6 Å². The molecule has 130 valence electrons. The number of nitrogens with zero attached hydrogens (tertiary/aromatic N) is 3. The van der Waals surface area contributed by atoms with E-state index in [1.807, 2.05) is 58.5 Å². The first-order valence-corrected chi connectivity index (χ1v) is 8.99. The fourth-order valence-corrected chi connectivity index (χ4v) is 3.39. The highest BCUT2D eigenvalue weighted by Gasteiger charge is 2.20. The van der Waals surface area contributed by atoms with Crippen LogP contribution in [0.15, 0.2) is 54.0 Å². The molecule has 0 fully saturated rings. The number of aromatic nitrogens is 2. The van der Waals surface area contributed by atoms with E-state index in [0.717, 1.165) is 16.1 Å². The molecule has 3 rings (SSSR count). The molecule has 0 spiro atoms. The number of benzene rings is 1. The van der Waals surface area contributed by atoms with Crippen molar-refractivity contribution in [1.82, 2.24) is 14.7 Å². The number of carboxylic acids is 1. The van der Waals surface area contributed by atoms with Crippen LogP contribution in [0.5, 0.6) is 0 Å². The molecule has 0 aliphatic carbocycles. The molecule has 0 radical (unpaired) electrons. The summed E-state index contributed by atoms with van der Waals surface area (Å²) < 4.78 is 1.93.